The zero-order chi connectivity index (χ0) is 4.00. The van der Waals surface area contributed by atoms with Crippen molar-refractivity contribution in [3.63, 3.8) is 0 Å². The summed E-state index contributed by atoms with van der Waals surface area (Å²) < 4.78 is 13.2. The Bertz CT molecular complexity index is 9.65. The molecule has 0 spiro atoms. The first kappa shape index (κ1) is 36.0. The number of hydrogen-bond acceptors (Lipinski definition) is 4. The summed E-state index contributed by atoms with van der Waals surface area (Å²) in [5.74, 6) is 0. The molecule has 0 aliphatic heterocycles. The fourth-order valence-corrected chi connectivity index (χ4v) is 0. The van der Waals surface area contributed by atoms with Gasteiger partial charge < -0.3 is 61.9 Å². The summed E-state index contributed by atoms with van der Waals surface area (Å²) in [7, 11) is 0. The van der Waals surface area contributed by atoms with Crippen LogP contribution in [0.15, 0.2) is 0 Å². The minimum absolute atomic E-state index is 0. The number of rotatable bonds is 0. The Morgan fingerprint density at radius 3 is 0.714 bits per heavy atom. The molecular formula is H2MoO2S4-6. The normalized spacial score (nSPS) is 1.71. The van der Waals surface area contributed by atoms with Crippen LogP contribution in [0.25, 0.3) is 0 Å². The molecule has 0 saturated carbocycles. The predicted molar refractivity (Wildman–Crippen MR) is 34.7 cm³/mol. The van der Waals surface area contributed by atoms with Gasteiger partial charge in [-0.1, -0.05) is 0 Å². The molecule has 0 fully saturated rings. The Hall–Kier alpha value is 2.01. The van der Waals surface area contributed by atoms with Gasteiger partial charge in [-0.15, -0.1) is 0 Å². The Labute approximate surface area is 82.5 Å². The molecule has 0 atom stereocenters. The first-order valence-electron chi connectivity index (χ1n) is 0.365. The molecule has 0 aliphatic carbocycles. The van der Waals surface area contributed by atoms with Gasteiger partial charge in [-0.05, 0) is 0 Å². The van der Waals surface area contributed by atoms with Crippen molar-refractivity contribution in [1.29, 1.82) is 0 Å². The van der Waals surface area contributed by atoms with Gasteiger partial charge in [0.2, 0.25) is 0 Å². The minimum atomic E-state index is 0. The molecule has 0 aromatic rings. The van der Waals surface area contributed by atoms with Crippen LogP contribution in [0.2, 0.25) is 0 Å². The molecule has 0 aromatic carbocycles. The minimum Gasteiger partial charge on any atom is -2.00 e. The van der Waals surface area contributed by atoms with E-state index in [9.17, 15) is 0 Å². The van der Waals surface area contributed by atoms with Crippen molar-refractivity contribution < 1.29 is 30.2 Å². The van der Waals surface area contributed by atoms with Crippen LogP contribution in [0.4, 0.5) is 0 Å². The van der Waals surface area contributed by atoms with Gasteiger partial charge in [0.05, 0.1) is 0 Å². The van der Waals surface area contributed by atoms with Gasteiger partial charge in [0.15, 0.2) is 0 Å². The van der Waals surface area contributed by atoms with Crippen molar-refractivity contribution in [2.45, 2.75) is 0 Å². The fraction of sp³-hybridized carbons (Fsp3) is 0. The molecule has 7 heavy (non-hydrogen) atoms. The standard InChI is InChI=1S/Mo.2H2OS.2S/c;2*1-2;;/h;2*1-2H;;/q;;;2*-2/p-2. The van der Waals surface area contributed by atoms with Crippen LogP contribution >= 0.6 is 0 Å². The zero-order valence-electron chi connectivity index (χ0n) is 2.94. The molecule has 50 valence electrons. The monoisotopic (exact) mass is 260 g/mol. The molecule has 0 amide bonds. The van der Waals surface area contributed by atoms with Crippen molar-refractivity contribution >= 4 is 52.8 Å². The molecule has 0 aromatic heterocycles. The Balaban J connectivity index is -0.00000000267. The van der Waals surface area contributed by atoms with E-state index in [1.165, 1.54) is 0 Å². The maximum absolute atomic E-state index is 6.58. The van der Waals surface area contributed by atoms with E-state index in [4.69, 9.17) is 9.11 Å². The Morgan fingerprint density at radius 2 is 0.714 bits per heavy atom. The van der Waals surface area contributed by atoms with E-state index in [0.717, 1.165) is 0 Å². The summed E-state index contributed by atoms with van der Waals surface area (Å²) in [6.07, 6.45) is 0. The molecular weight excluding hydrogens is 256 g/mol. The SMILES string of the molecule is O[S-].O[S-].[Mo].[S-2].[S-2]. The first-order valence-corrected chi connectivity index (χ1v) is 1.10. The molecule has 2 nitrogen and oxygen atoms in total. The van der Waals surface area contributed by atoms with Gasteiger partial charge in [-0.25, -0.2) is 0 Å². The summed E-state index contributed by atoms with van der Waals surface area (Å²) in [5.41, 5.74) is 0. The summed E-state index contributed by atoms with van der Waals surface area (Å²) in [4.78, 5) is 0. The van der Waals surface area contributed by atoms with E-state index < -0.39 is 0 Å². The molecule has 0 unspecified atom stereocenters. The van der Waals surface area contributed by atoms with E-state index in [-0.39, 0.29) is 48.1 Å². The van der Waals surface area contributed by atoms with Crippen molar-refractivity contribution in [3.05, 3.63) is 0 Å². The second-order valence-electron chi connectivity index (χ2n) is 0. The smallest absolute Gasteiger partial charge is 0 e. The fourth-order valence-electron chi connectivity index (χ4n) is 0. The quantitative estimate of drug-likeness (QED) is 0.474. The van der Waals surface area contributed by atoms with Crippen LogP contribution < -0.4 is 0 Å². The average molecular weight is 258 g/mol. The largest absolute Gasteiger partial charge is 2.00 e. The third-order valence-electron chi connectivity index (χ3n) is 0. The summed E-state index contributed by atoms with van der Waals surface area (Å²) in [6, 6.07) is 0. The van der Waals surface area contributed by atoms with Crippen LogP contribution in [0.3, 0.4) is 0 Å². The molecule has 2 N–H and O–H groups in total. The first-order chi connectivity index (χ1) is 2.00. The van der Waals surface area contributed by atoms with E-state index in [0.29, 0.717) is 0 Å². The molecule has 0 bridgehead atoms. The van der Waals surface area contributed by atoms with Crippen molar-refractivity contribution in [3.8, 4) is 0 Å². The van der Waals surface area contributed by atoms with Crippen molar-refractivity contribution in [2.75, 3.05) is 0 Å². The molecule has 0 aliphatic rings. The van der Waals surface area contributed by atoms with Gasteiger partial charge in [0, 0.05) is 21.1 Å². The van der Waals surface area contributed by atoms with E-state index in [1.807, 2.05) is 0 Å². The van der Waals surface area contributed by atoms with Crippen molar-refractivity contribution in [1.82, 2.24) is 0 Å². The van der Waals surface area contributed by atoms with Crippen LogP contribution in [0.5, 0.6) is 0 Å². The number of hydrogen-bond donors (Lipinski definition) is 2. The third-order valence-corrected chi connectivity index (χ3v) is 0. The topological polar surface area (TPSA) is 40.5 Å². The summed E-state index contributed by atoms with van der Waals surface area (Å²) >= 11 is 6.17. The average Bonchev–Trinajstić information content (AvgIpc) is 1.50. The van der Waals surface area contributed by atoms with Gasteiger partial charge in [-0.2, -0.15) is 0 Å². The summed E-state index contributed by atoms with van der Waals surface area (Å²) in [6.45, 7) is 0. The van der Waals surface area contributed by atoms with E-state index >= 15 is 0 Å². The second kappa shape index (κ2) is 97.5. The maximum atomic E-state index is 6.58. The van der Waals surface area contributed by atoms with Crippen LogP contribution in [-0.4, -0.2) is 9.11 Å². The molecule has 0 saturated heterocycles. The van der Waals surface area contributed by atoms with Gasteiger partial charge >= 0.3 is 0 Å². The van der Waals surface area contributed by atoms with Gasteiger partial charge in [0.25, 0.3) is 0 Å². The third kappa shape index (κ3) is 71.7. The maximum Gasteiger partial charge on any atom is 0 e. The molecule has 0 rings (SSSR count). The molecule has 0 heterocycles. The molecule has 7 heteroatoms. The molecule has 0 radical (unpaired) electrons. The van der Waals surface area contributed by atoms with Crippen molar-refractivity contribution in [2.24, 2.45) is 0 Å². The zero-order valence-corrected chi connectivity index (χ0v) is 8.21. The summed E-state index contributed by atoms with van der Waals surface area (Å²) in [5, 5.41) is 0. The van der Waals surface area contributed by atoms with Gasteiger partial charge in [-0.3, -0.25) is 0 Å². The Morgan fingerprint density at radius 1 is 0.714 bits per heavy atom. The van der Waals surface area contributed by atoms with E-state index in [2.05, 4.69) is 25.8 Å². The van der Waals surface area contributed by atoms with Crippen LogP contribution in [0.1, 0.15) is 0 Å². The van der Waals surface area contributed by atoms with Crippen LogP contribution in [0, 0.1) is 0 Å². The predicted octanol–water partition coefficient (Wildman–Crippen LogP) is 0.00530. The van der Waals surface area contributed by atoms with Crippen LogP contribution in [-0.2, 0) is 73.9 Å². The second-order valence-corrected chi connectivity index (χ2v) is 0. The van der Waals surface area contributed by atoms with Gasteiger partial charge in [0.1, 0.15) is 0 Å². The Kier molecular flexibility index (Phi) is 501. The van der Waals surface area contributed by atoms with E-state index in [1.54, 1.807) is 0 Å².